The van der Waals surface area contributed by atoms with Gasteiger partial charge in [0.05, 0.1) is 11.9 Å². The van der Waals surface area contributed by atoms with Crippen LogP contribution in [0.25, 0.3) is 0 Å². The largest absolute Gasteiger partial charge is 0.352 e. The Hall–Kier alpha value is -3.72. The van der Waals surface area contributed by atoms with E-state index in [1.165, 1.54) is 17.0 Å². The van der Waals surface area contributed by atoms with Gasteiger partial charge in [0.1, 0.15) is 18.4 Å². The van der Waals surface area contributed by atoms with E-state index < -0.39 is 34.3 Å². The van der Waals surface area contributed by atoms with Gasteiger partial charge in [0.25, 0.3) is 0 Å². The number of benzene rings is 3. The van der Waals surface area contributed by atoms with E-state index >= 15 is 0 Å². The number of carbonyl (C=O) groups is 2. The Morgan fingerprint density at radius 1 is 0.850 bits per heavy atom. The zero-order valence-corrected chi connectivity index (χ0v) is 24.5. The van der Waals surface area contributed by atoms with Gasteiger partial charge in [-0.25, -0.2) is 12.8 Å². The van der Waals surface area contributed by atoms with Gasteiger partial charge in [0.2, 0.25) is 21.8 Å². The molecule has 0 radical (unpaired) electrons. The number of rotatable bonds is 12. The number of carbonyl (C=O) groups excluding carboxylic acids is 2. The van der Waals surface area contributed by atoms with Gasteiger partial charge in [0, 0.05) is 19.0 Å². The lowest BCUT2D eigenvalue weighted by Crippen LogP contribution is -2.54. The Balaban J connectivity index is 2.09. The molecule has 1 unspecified atom stereocenters. The normalized spacial score (nSPS) is 12.3. The third-order valence-electron chi connectivity index (χ3n) is 6.47. The molecule has 1 atom stereocenters. The Bertz CT molecular complexity index is 1390. The van der Waals surface area contributed by atoms with Crippen molar-refractivity contribution in [1.29, 1.82) is 0 Å². The zero-order chi connectivity index (χ0) is 29.4. The summed E-state index contributed by atoms with van der Waals surface area (Å²) in [6, 6.07) is 21.0. The fourth-order valence-electron chi connectivity index (χ4n) is 4.52. The molecule has 0 bridgehead atoms. The van der Waals surface area contributed by atoms with E-state index in [1.807, 2.05) is 70.2 Å². The van der Waals surface area contributed by atoms with E-state index in [4.69, 9.17) is 0 Å². The summed E-state index contributed by atoms with van der Waals surface area (Å²) >= 11 is 0. The van der Waals surface area contributed by atoms with Gasteiger partial charge in [-0.3, -0.25) is 13.9 Å². The molecule has 40 heavy (non-hydrogen) atoms. The standard InChI is InChI=1S/C31H38FN3O4S/c1-22(2)27-13-9-10-14-28(27)35(40(5,38)39)21-30(36)34(20-25-15-17-26(32)18-16-25)29(31(37)33-23(3)4)19-24-11-7-6-8-12-24/h6-18,22-23,29H,19-21H2,1-5H3,(H,33,37). The second-order valence-electron chi connectivity index (χ2n) is 10.5. The van der Waals surface area contributed by atoms with E-state index in [1.54, 1.807) is 24.3 Å². The molecule has 3 rings (SSSR count). The monoisotopic (exact) mass is 567 g/mol. The van der Waals surface area contributed by atoms with Crippen LogP contribution in [0.5, 0.6) is 0 Å². The minimum Gasteiger partial charge on any atom is -0.352 e. The highest BCUT2D eigenvalue weighted by Crippen LogP contribution is 2.29. The van der Waals surface area contributed by atoms with Crippen molar-refractivity contribution in [3.8, 4) is 0 Å². The summed E-state index contributed by atoms with van der Waals surface area (Å²) in [6.45, 7) is 7.06. The average Bonchev–Trinajstić information content (AvgIpc) is 2.89. The number of amides is 2. The third kappa shape index (κ3) is 8.39. The molecule has 3 aromatic rings. The lowest BCUT2D eigenvalue weighted by Gasteiger charge is -2.34. The van der Waals surface area contributed by atoms with Crippen molar-refractivity contribution in [3.05, 3.63) is 101 Å². The van der Waals surface area contributed by atoms with Gasteiger partial charge in [-0.15, -0.1) is 0 Å². The summed E-state index contributed by atoms with van der Waals surface area (Å²) in [5.74, 6) is -1.32. The lowest BCUT2D eigenvalue weighted by molar-refractivity contribution is -0.140. The molecule has 0 heterocycles. The number of sulfonamides is 1. The summed E-state index contributed by atoms with van der Waals surface area (Å²) < 4.78 is 40.8. The molecule has 0 fully saturated rings. The van der Waals surface area contributed by atoms with Crippen LogP contribution in [0.4, 0.5) is 10.1 Å². The van der Waals surface area contributed by atoms with Gasteiger partial charge < -0.3 is 10.2 Å². The van der Waals surface area contributed by atoms with Crippen LogP contribution in [-0.2, 0) is 32.6 Å². The third-order valence-corrected chi connectivity index (χ3v) is 7.60. The predicted octanol–water partition coefficient (Wildman–Crippen LogP) is 4.88. The molecule has 3 aromatic carbocycles. The number of halogens is 1. The first-order chi connectivity index (χ1) is 18.9. The number of para-hydroxylation sites is 1. The molecule has 7 nitrogen and oxygen atoms in total. The molecule has 214 valence electrons. The zero-order valence-electron chi connectivity index (χ0n) is 23.7. The van der Waals surface area contributed by atoms with Crippen LogP contribution in [0.15, 0.2) is 78.9 Å². The maximum Gasteiger partial charge on any atom is 0.244 e. The number of hydrogen-bond donors (Lipinski definition) is 1. The molecule has 0 aliphatic carbocycles. The Kier molecular flexibility index (Phi) is 10.5. The average molecular weight is 568 g/mol. The smallest absolute Gasteiger partial charge is 0.244 e. The topological polar surface area (TPSA) is 86.8 Å². The highest BCUT2D eigenvalue weighted by Gasteiger charge is 2.33. The Morgan fingerprint density at radius 3 is 2.02 bits per heavy atom. The molecule has 0 aliphatic heterocycles. The van der Waals surface area contributed by atoms with E-state index in [0.717, 1.165) is 21.7 Å². The fraction of sp³-hybridized carbons (Fsp3) is 0.355. The fourth-order valence-corrected chi connectivity index (χ4v) is 5.39. The molecule has 0 saturated carbocycles. The lowest BCUT2D eigenvalue weighted by atomic mass is 10.0. The van der Waals surface area contributed by atoms with Crippen molar-refractivity contribution >= 4 is 27.5 Å². The van der Waals surface area contributed by atoms with Crippen molar-refractivity contribution in [2.24, 2.45) is 0 Å². The van der Waals surface area contributed by atoms with Crippen LogP contribution in [0, 0.1) is 5.82 Å². The van der Waals surface area contributed by atoms with Gasteiger partial charge >= 0.3 is 0 Å². The van der Waals surface area contributed by atoms with Gasteiger partial charge in [-0.2, -0.15) is 0 Å². The van der Waals surface area contributed by atoms with Crippen molar-refractivity contribution in [1.82, 2.24) is 10.2 Å². The molecule has 2 amide bonds. The molecule has 0 aliphatic rings. The van der Waals surface area contributed by atoms with Gasteiger partial charge in [-0.05, 0) is 54.7 Å². The highest BCUT2D eigenvalue weighted by atomic mass is 32.2. The molecule has 0 spiro atoms. The van der Waals surface area contributed by atoms with Crippen molar-refractivity contribution in [2.45, 2.75) is 58.7 Å². The second kappa shape index (κ2) is 13.6. The van der Waals surface area contributed by atoms with Crippen LogP contribution < -0.4 is 9.62 Å². The van der Waals surface area contributed by atoms with E-state index in [-0.39, 0.29) is 30.8 Å². The number of hydrogen-bond acceptors (Lipinski definition) is 4. The van der Waals surface area contributed by atoms with Crippen LogP contribution in [0.2, 0.25) is 0 Å². The first-order valence-electron chi connectivity index (χ1n) is 13.3. The minimum absolute atomic E-state index is 0.00789. The summed E-state index contributed by atoms with van der Waals surface area (Å²) in [4.78, 5) is 29.1. The first-order valence-corrected chi connectivity index (χ1v) is 15.2. The van der Waals surface area contributed by atoms with Crippen LogP contribution in [0.3, 0.4) is 0 Å². The van der Waals surface area contributed by atoms with Crippen molar-refractivity contribution in [3.63, 3.8) is 0 Å². The van der Waals surface area contributed by atoms with Crippen LogP contribution in [-0.4, -0.2) is 50.0 Å². The van der Waals surface area contributed by atoms with E-state index in [0.29, 0.717) is 11.3 Å². The predicted molar refractivity (Wildman–Crippen MR) is 157 cm³/mol. The number of nitrogens with zero attached hydrogens (tertiary/aromatic N) is 2. The minimum atomic E-state index is -3.87. The van der Waals surface area contributed by atoms with Crippen LogP contribution >= 0.6 is 0 Å². The molecular formula is C31H38FN3O4S. The number of nitrogens with one attached hydrogen (secondary N) is 1. The van der Waals surface area contributed by atoms with Crippen LogP contribution in [0.1, 0.15) is 50.3 Å². The van der Waals surface area contributed by atoms with Gasteiger partial charge in [0.15, 0.2) is 0 Å². The number of anilines is 1. The van der Waals surface area contributed by atoms with Crippen molar-refractivity contribution < 1.29 is 22.4 Å². The maximum atomic E-state index is 14.1. The SMILES string of the molecule is CC(C)NC(=O)C(Cc1ccccc1)N(Cc1ccc(F)cc1)C(=O)CN(c1ccccc1C(C)C)S(C)(=O)=O. The second-order valence-corrected chi connectivity index (χ2v) is 12.4. The Labute approximate surface area is 237 Å². The molecule has 0 saturated heterocycles. The summed E-state index contributed by atoms with van der Waals surface area (Å²) in [6.07, 6.45) is 1.28. The quantitative estimate of drug-likeness (QED) is 0.338. The van der Waals surface area contributed by atoms with Gasteiger partial charge in [-0.1, -0.05) is 74.5 Å². The summed E-state index contributed by atoms with van der Waals surface area (Å²) in [5, 5.41) is 2.91. The first kappa shape index (κ1) is 30.8. The molecule has 1 N–H and O–H groups in total. The highest BCUT2D eigenvalue weighted by molar-refractivity contribution is 7.92. The van der Waals surface area contributed by atoms with E-state index in [2.05, 4.69) is 5.32 Å². The summed E-state index contributed by atoms with van der Waals surface area (Å²) in [5.41, 5.74) is 2.65. The maximum absolute atomic E-state index is 14.1. The van der Waals surface area contributed by atoms with E-state index in [9.17, 15) is 22.4 Å². The molecule has 0 aromatic heterocycles. The van der Waals surface area contributed by atoms with Crippen molar-refractivity contribution in [2.75, 3.05) is 17.1 Å². The molecule has 9 heteroatoms. The molecular weight excluding hydrogens is 529 g/mol. The summed E-state index contributed by atoms with van der Waals surface area (Å²) in [7, 11) is -3.87. The Morgan fingerprint density at radius 2 is 1.45 bits per heavy atom.